The summed E-state index contributed by atoms with van der Waals surface area (Å²) in [6, 6.07) is 25.2. The minimum atomic E-state index is 0.754. The van der Waals surface area contributed by atoms with Crippen molar-refractivity contribution in [1.29, 1.82) is 0 Å². The van der Waals surface area contributed by atoms with Gasteiger partial charge in [0, 0.05) is 76.6 Å². The quantitative estimate of drug-likeness (QED) is 0.361. The van der Waals surface area contributed by atoms with Gasteiger partial charge in [-0.15, -0.1) is 0 Å². The molecular weight excluding hydrogens is 631 g/mol. The molecule has 0 unspecified atom stereocenters. The van der Waals surface area contributed by atoms with Gasteiger partial charge in [0.15, 0.2) is 0 Å². The van der Waals surface area contributed by atoms with Gasteiger partial charge in [0.25, 0.3) is 0 Å². The number of hydrogen-bond donors (Lipinski definition) is 0. The zero-order valence-electron chi connectivity index (χ0n) is 31.0. The van der Waals surface area contributed by atoms with Crippen LogP contribution in [0.5, 0.6) is 0 Å². The molecule has 0 radical (unpaired) electrons. The van der Waals surface area contributed by atoms with E-state index in [1.165, 1.54) is 0 Å². The molecule has 6 bridgehead atoms. The van der Waals surface area contributed by atoms with E-state index in [1.54, 1.807) is 0 Å². The van der Waals surface area contributed by atoms with Gasteiger partial charge in [0.2, 0.25) is 0 Å². The van der Waals surface area contributed by atoms with Crippen LogP contribution in [0.4, 0.5) is 0 Å². The third-order valence-electron chi connectivity index (χ3n) is 8.79. The van der Waals surface area contributed by atoms with Crippen LogP contribution < -0.4 is 0 Å². The van der Waals surface area contributed by atoms with Crippen molar-refractivity contribution in [3.63, 3.8) is 0 Å². The maximum atomic E-state index is 4.71. The highest BCUT2D eigenvalue weighted by Gasteiger charge is 2.03. The van der Waals surface area contributed by atoms with Crippen LogP contribution in [0, 0.1) is 0 Å². The smallest absolute Gasteiger partial charge is 0.0517 e. The lowest BCUT2D eigenvalue weighted by atomic mass is 10.1. The summed E-state index contributed by atoms with van der Waals surface area (Å²) in [5, 5.41) is 0. The van der Waals surface area contributed by atoms with Crippen LogP contribution >= 0.6 is 0 Å². The van der Waals surface area contributed by atoms with Gasteiger partial charge in [0.1, 0.15) is 0 Å². The first-order valence-corrected chi connectivity index (χ1v) is 18.6. The molecule has 9 heteroatoms. The standard InChI is InChI=1S/C42H57N9/c1-4-49-22-16-43-31-37-10-7-12-39(28-37)33-45-18-24-50(5-2)26-20-47-35-41-14-9-15-42(30-41)36-48-21-27-51(6-3)25-19-46-34-40-13-8-11-38(29-40)32-44-17-23-49/h7-15,28-36H,4-6,16-27H2,1-3H3. The Morgan fingerprint density at radius 2 is 0.549 bits per heavy atom. The van der Waals surface area contributed by atoms with E-state index < -0.39 is 0 Å². The first-order valence-electron chi connectivity index (χ1n) is 18.6. The molecule has 4 rings (SSSR count). The lowest BCUT2D eigenvalue weighted by molar-refractivity contribution is 0.305. The third kappa shape index (κ3) is 16.0. The molecule has 0 saturated heterocycles. The van der Waals surface area contributed by atoms with E-state index in [2.05, 4.69) is 108 Å². The van der Waals surface area contributed by atoms with Crippen LogP contribution in [0.15, 0.2) is 103 Å². The zero-order chi connectivity index (χ0) is 35.8. The molecule has 270 valence electrons. The Bertz CT molecular complexity index is 1320. The van der Waals surface area contributed by atoms with Crippen molar-refractivity contribution in [3.05, 3.63) is 106 Å². The topological polar surface area (TPSA) is 83.9 Å². The highest BCUT2D eigenvalue weighted by Crippen LogP contribution is 2.04. The second-order valence-corrected chi connectivity index (χ2v) is 12.5. The molecule has 1 aliphatic rings. The Labute approximate surface area is 306 Å². The van der Waals surface area contributed by atoms with Gasteiger partial charge in [-0.2, -0.15) is 0 Å². The summed E-state index contributed by atoms with van der Waals surface area (Å²) in [5.74, 6) is 0. The Kier molecular flexibility index (Phi) is 18.4. The average molecular weight is 688 g/mol. The molecule has 0 atom stereocenters. The Morgan fingerprint density at radius 3 is 0.725 bits per heavy atom. The SMILES string of the molecule is CCN1CCN=Cc2cccc(c2)C=NCCN(CC)CCN=Cc2cccc(c2)C=NCCN(CC)CCN=Cc2cccc(c2)C=NCC1. The molecule has 51 heavy (non-hydrogen) atoms. The monoisotopic (exact) mass is 687 g/mol. The minimum absolute atomic E-state index is 0.754. The molecule has 0 N–H and O–H groups in total. The molecule has 1 aliphatic heterocycles. The van der Waals surface area contributed by atoms with Crippen molar-refractivity contribution in [1.82, 2.24) is 14.7 Å². The molecule has 3 aromatic carbocycles. The van der Waals surface area contributed by atoms with Crippen molar-refractivity contribution < 1.29 is 0 Å². The lowest BCUT2D eigenvalue weighted by Crippen LogP contribution is -2.29. The van der Waals surface area contributed by atoms with Crippen molar-refractivity contribution in [2.24, 2.45) is 30.0 Å². The number of rotatable bonds is 3. The molecule has 1 heterocycles. The number of fused-ring (bicyclic) bond motifs is 6. The number of likely N-dealkylation sites (N-methyl/N-ethyl adjacent to an activating group) is 3. The Morgan fingerprint density at radius 1 is 0.353 bits per heavy atom. The van der Waals surface area contributed by atoms with Gasteiger partial charge in [-0.25, -0.2) is 0 Å². The van der Waals surface area contributed by atoms with Gasteiger partial charge >= 0.3 is 0 Å². The van der Waals surface area contributed by atoms with Crippen molar-refractivity contribution in [2.45, 2.75) is 20.8 Å². The second-order valence-electron chi connectivity index (χ2n) is 12.5. The molecule has 0 fully saturated rings. The van der Waals surface area contributed by atoms with E-state index >= 15 is 0 Å². The molecule has 0 amide bonds. The molecule has 0 aromatic heterocycles. The van der Waals surface area contributed by atoms with Crippen LogP contribution in [0.3, 0.4) is 0 Å². The van der Waals surface area contributed by atoms with E-state index in [1.807, 2.05) is 37.3 Å². The average Bonchev–Trinajstić information content (AvgIpc) is 3.16. The van der Waals surface area contributed by atoms with Crippen LogP contribution in [-0.2, 0) is 0 Å². The maximum Gasteiger partial charge on any atom is 0.0517 e. The summed E-state index contributed by atoms with van der Waals surface area (Å²) in [4.78, 5) is 35.5. The number of aliphatic imine (C=N–C) groups is 6. The first kappa shape index (κ1) is 39.3. The second kappa shape index (κ2) is 23.9. The Balaban J connectivity index is 1.39. The largest absolute Gasteiger partial charge is 0.300 e. The van der Waals surface area contributed by atoms with E-state index in [4.69, 9.17) is 30.0 Å². The zero-order valence-corrected chi connectivity index (χ0v) is 31.0. The van der Waals surface area contributed by atoms with Gasteiger partial charge in [-0.1, -0.05) is 75.4 Å². The summed E-state index contributed by atoms with van der Waals surface area (Å²) in [6.45, 7) is 19.5. The predicted octanol–water partition coefficient (Wildman–Crippen LogP) is 5.58. The lowest BCUT2D eigenvalue weighted by Gasteiger charge is -2.17. The van der Waals surface area contributed by atoms with Crippen LogP contribution in [0.25, 0.3) is 0 Å². The molecule has 0 spiro atoms. The van der Waals surface area contributed by atoms with E-state index in [9.17, 15) is 0 Å². The van der Waals surface area contributed by atoms with Crippen molar-refractivity contribution in [2.75, 3.05) is 98.2 Å². The number of benzene rings is 3. The summed E-state index contributed by atoms with van der Waals surface area (Å²) >= 11 is 0. The summed E-state index contributed by atoms with van der Waals surface area (Å²) in [6.07, 6.45) is 11.8. The van der Waals surface area contributed by atoms with Gasteiger partial charge in [-0.3, -0.25) is 44.7 Å². The van der Waals surface area contributed by atoms with Gasteiger partial charge < -0.3 is 0 Å². The maximum absolute atomic E-state index is 4.71. The number of hydrogen-bond acceptors (Lipinski definition) is 9. The normalized spacial score (nSPS) is 17.5. The van der Waals surface area contributed by atoms with Gasteiger partial charge in [-0.05, 0) is 71.2 Å². The van der Waals surface area contributed by atoms with E-state index in [0.29, 0.717) is 0 Å². The number of nitrogens with zero attached hydrogens (tertiary/aromatic N) is 9. The minimum Gasteiger partial charge on any atom is -0.300 e. The van der Waals surface area contributed by atoms with E-state index in [0.717, 1.165) is 132 Å². The van der Waals surface area contributed by atoms with Crippen molar-refractivity contribution >= 4 is 37.3 Å². The van der Waals surface area contributed by atoms with Crippen LogP contribution in [0.2, 0.25) is 0 Å². The van der Waals surface area contributed by atoms with Crippen LogP contribution in [0.1, 0.15) is 54.2 Å². The summed E-state index contributed by atoms with van der Waals surface area (Å²) in [7, 11) is 0. The van der Waals surface area contributed by atoms with Crippen LogP contribution in [-0.4, -0.2) is 150 Å². The summed E-state index contributed by atoms with van der Waals surface area (Å²) < 4.78 is 0. The van der Waals surface area contributed by atoms with E-state index in [-0.39, 0.29) is 0 Å². The third-order valence-corrected chi connectivity index (χ3v) is 8.79. The fourth-order valence-corrected chi connectivity index (χ4v) is 5.66. The molecular formula is C42H57N9. The highest BCUT2D eigenvalue weighted by atomic mass is 15.1. The molecule has 0 saturated carbocycles. The fourth-order valence-electron chi connectivity index (χ4n) is 5.66. The molecule has 9 nitrogen and oxygen atoms in total. The Hall–Kier alpha value is -4.44. The molecule has 0 aliphatic carbocycles. The predicted molar refractivity (Wildman–Crippen MR) is 220 cm³/mol. The highest BCUT2D eigenvalue weighted by molar-refractivity contribution is 5.87. The first-order chi connectivity index (χ1) is 25.1. The summed E-state index contributed by atoms with van der Waals surface area (Å²) in [5.41, 5.74) is 6.56. The van der Waals surface area contributed by atoms with Gasteiger partial charge in [0.05, 0.1) is 39.3 Å². The fraction of sp³-hybridized carbons (Fsp3) is 0.429. The molecule has 3 aromatic rings. The van der Waals surface area contributed by atoms with Crippen molar-refractivity contribution in [3.8, 4) is 0 Å².